The van der Waals surface area contributed by atoms with Crippen molar-refractivity contribution in [2.24, 2.45) is 0 Å². The normalized spacial score (nSPS) is 13.2. The predicted molar refractivity (Wildman–Crippen MR) is 70.2 cm³/mol. The Kier molecular flexibility index (Phi) is 6.23. The van der Waals surface area contributed by atoms with Crippen LogP contribution in [0, 0.1) is 0 Å². The Morgan fingerprint density at radius 1 is 1.12 bits per heavy atom. The van der Waals surface area contributed by atoms with E-state index in [1.165, 1.54) is 32.1 Å². The standard InChI is InChI=1S/C14H26N2O/c1-5-7-8-9-10-12(6-2)14-15-13(11(3)4)16-17-14/h11-12H,5-10H2,1-4H3. The predicted octanol–water partition coefficient (Wildman–Crippen LogP) is 4.66. The van der Waals surface area contributed by atoms with Gasteiger partial charge in [-0.15, -0.1) is 0 Å². The van der Waals surface area contributed by atoms with Gasteiger partial charge in [0.25, 0.3) is 0 Å². The molecule has 17 heavy (non-hydrogen) atoms. The highest BCUT2D eigenvalue weighted by Gasteiger charge is 2.17. The molecule has 0 saturated carbocycles. The van der Waals surface area contributed by atoms with Crippen molar-refractivity contribution in [1.82, 2.24) is 10.1 Å². The van der Waals surface area contributed by atoms with Gasteiger partial charge in [-0.3, -0.25) is 0 Å². The van der Waals surface area contributed by atoms with Crippen molar-refractivity contribution < 1.29 is 4.52 Å². The quantitative estimate of drug-likeness (QED) is 0.618. The molecular weight excluding hydrogens is 212 g/mol. The lowest BCUT2D eigenvalue weighted by atomic mass is 9.98. The summed E-state index contributed by atoms with van der Waals surface area (Å²) in [6, 6.07) is 0. The topological polar surface area (TPSA) is 38.9 Å². The lowest BCUT2D eigenvalue weighted by molar-refractivity contribution is 0.334. The van der Waals surface area contributed by atoms with E-state index in [1.54, 1.807) is 0 Å². The van der Waals surface area contributed by atoms with Crippen molar-refractivity contribution in [1.29, 1.82) is 0 Å². The number of hydrogen-bond acceptors (Lipinski definition) is 3. The van der Waals surface area contributed by atoms with Crippen LogP contribution in [0.3, 0.4) is 0 Å². The Balaban J connectivity index is 2.48. The number of nitrogens with zero attached hydrogens (tertiary/aromatic N) is 2. The lowest BCUT2D eigenvalue weighted by Crippen LogP contribution is -1.99. The van der Waals surface area contributed by atoms with E-state index in [2.05, 4.69) is 37.8 Å². The average Bonchev–Trinajstić information content (AvgIpc) is 2.79. The summed E-state index contributed by atoms with van der Waals surface area (Å²) < 4.78 is 5.37. The summed E-state index contributed by atoms with van der Waals surface area (Å²) in [4.78, 5) is 4.50. The highest BCUT2D eigenvalue weighted by Crippen LogP contribution is 2.25. The molecule has 1 unspecified atom stereocenters. The Morgan fingerprint density at radius 3 is 2.41 bits per heavy atom. The maximum absolute atomic E-state index is 5.37. The molecule has 0 amide bonds. The molecule has 3 heteroatoms. The molecule has 0 radical (unpaired) electrons. The second-order valence-electron chi connectivity index (χ2n) is 5.10. The minimum absolute atomic E-state index is 0.352. The third kappa shape index (κ3) is 4.49. The molecule has 0 aromatic carbocycles. The van der Waals surface area contributed by atoms with Gasteiger partial charge in [0.05, 0.1) is 0 Å². The number of aromatic nitrogens is 2. The Morgan fingerprint density at radius 2 is 1.88 bits per heavy atom. The Labute approximate surface area is 105 Å². The molecule has 0 N–H and O–H groups in total. The van der Waals surface area contributed by atoms with E-state index >= 15 is 0 Å². The van der Waals surface area contributed by atoms with Crippen molar-refractivity contribution in [2.75, 3.05) is 0 Å². The van der Waals surface area contributed by atoms with Crippen molar-refractivity contribution in [3.8, 4) is 0 Å². The van der Waals surface area contributed by atoms with Crippen molar-refractivity contribution in [3.63, 3.8) is 0 Å². The highest BCUT2D eigenvalue weighted by molar-refractivity contribution is 4.96. The van der Waals surface area contributed by atoms with Crippen LogP contribution in [-0.4, -0.2) is 10.1 Å². The van der Waals surface area contributed by atoms with E-state index in [9.17, 15) is 0 Å². The number of rotatable bonds is 8. The van der Waals surface area contributed by atoms with Crippen LogP contribution < -0.4 is 0 Å². The zero-order valence-electron chi connectivity index (χ0n) is 11.7. The van der Waals surface area contributed by atoms with Crippen LogP contribution in [0.5, 0.6) is 0 Å². The first kappa shape index (κ1) is 14.2. The first-order valence-corrected chi connectivity index (χ1v) is 7.02. The SMILES string of the molecule is CCCCCCC(CC)c1nc(C(C)C)no1. The van der Waals surface area contributed by atoms with Gasteiger partial charge in [0, 0.05) is 11.8 Å². The molecule has 98 valence electrons. The van der Waals surface area contributed by atoms with Gasteiger partial charge < -0.3 is 4.52 Å². The molecule has 0 aliphatic carbocycles. The van der Waals surface area contributed by atoms with Gasteiger partial charge in [-0.2, -0.15) is 4.98 Å². The van der Waals surface area contributed by atoms with Gasteiger partial charge in [0.2, 0.25) is 5.89 Å². The molecule has 1 aromatic heterocycles. The summed E-state index contributed by atoms with van der Waals surface area (Å²) in [7, 11) is 0. The molecular formula is C14H26N2O. The van der Waals surface area contributed by atoms with E-state index < -0.39 is 0 Å². The molecule has 1 rings (SSSR count). The lowest BCUT2D eigenvalue weighted by Gasteiger charge is -2.09. The summed E-state index contributed by atoms with van der Waals surface area (Å²) in [6.07, 6.45) is 7.47. The van der Waals surface area contributed by atoms with Crippen molar-refractivity contribution in [3.05, 3.63) is 11.7 Å². The first-order chi connectivity index (χ1) is 8.19. The van der Waals surface area contributed by atoms with Crippen LogP contribution in [0.15, 0.2) is 4.52 Å². The third-order valence-corrected chi connectivity index (χ3v) is 3.22. The fourth-order valence-electron chi connectivity index (χ4n) is 1.97. The molecule has 0 saturated heterocycles. The zero-order chi connectivity index (χ0) is 12.7. The molecule has 0 spiro atoms. The van der Waals surface area contributed by atoms with Crippen LogP contribution in [0.25, 0.3) is 0 Å². The molecule has 0 aliphatic heterocycles. The molecule has 1 atom stereocenters. The summed E-state index contributed by atoms with van der Waals surface area (Å²) in [5.74, 6) is 2.48. The first-order valence-electron chi connectivity index (χ1n) is 7.02. The maximum atomic E-state index is 5.37. The van der Waals surface area contributed by atoms with E-state index in [0.29, 0.717) is 11.8 Å². The Hall–Kier alpha value is -0.860. The van der Waals surface area contributed by atoms with Crippen LogP contribution in [0.4, 0.5) is 0 Å². The minimum atomic E-state index is 0.352. The molecule has 0 aliphatic rings. The summed E-state index contributed by atoms with van der Waals surface area (Å²) >= 11 is 0. The fourth-order valence-corrected chi connectivity index (χ4v) is 1.97. The molecule has 0 bridgehead atoms. The van der Waals surface area contributed by atoms with Gasteiger partial charge in [0.1, 0.15) is 0 Å². The second-order valence-corrected chi connectivity index (χ2v) is 5.10. The smallest absolute Gasteiger partial charge is 0.229 e. The van der Waals surface area contributed by atoms with E-state index in [-0.39, 0.29) is 0 Å². The van der Waals surface area contributed by atoms with E-state index in [0.717, 1.165) is 18.1 Å². The summed E-state index contributed by atoms with van der Waals surface area (Å²) in [5.41, 5.74) is 0. The zero-order valence-corrected chi connectivity index (χ0v) is 11.7. The van der Waals surface area contributed by atoms with Gasteiger partial charge >= 0.3 is 0 Å². The summed E-state index contributed by atoms with van der Waals surface area (Å²) in [5, 5.41) is 4.04. The molecule has 1 heterocycles. The van der Waals surface area contributed by atoms with Gasteiger partial charge in [-0.1, -0.05) is 58.5 Å². The Bertz CT molecular complexity index is 307. The van der Waals surface area contributed by atoms with Crippen LogP contribution in [-0.2, 0) is 0 Å². The number of hydrogen-bond donors (Lipinski definition) is 0. The molecule has 3 nitrogen and oxygen atoms in total. The van der Waals surface area contributed by atoms with Gasteiger partial charge in [-0.05, 0) is 12.8 Å². The van der Waals surface area contributed by atoms with Crippen molar-refractivity contribution in [2.45, 2.75) is 78.1 Å². The fraction of sp³-hybridized carbons (Fsp3) is 0.857. The molecule has 0 fully saturated rings. The largest absolute Gasteiger partial charge is 0.339 e. The van der Waals surface area contributed by atoms with Crippen LogP contribution in [0.2, 0.25) is 0 Å². The number of unbranched alkanes of at least 4 members (excludes halogenated alkanes) is 3. The van der Waals surface area contributed by atoms with Gasteiger partial charge in [0.15, 0.2) is 5.82 Å². The van der Waals surface area contributed by atoms with E-state index in [1.807, 2.05) is 0 Å². The monoisotopic (exact) mass is 238 g/mol. The second kappa shape index (κ2) is 7.46. The molecule has 1 aromatic rings. The highest BCUT2D eigenvalue weighted by atomic mass is 16.5. The maximum Gasteiger partial charge on any atom is 0.229 e. The third-order valence-electron chi connectivity index (χ3n) is 3.22. The minimum Gasteiger partial charge on any atom is -0.339 e. The van der Waals surface area contributed by atoms with Crippen LogP contribution in [0.1, 0.15) is 89.8 Å². The average molecular weight is 238 g/mol. The van der Waals surface area contributed by atoms with Crippen LogP contribution >= 0.6 is 0 Å². The van der Waals surface area contributed by atoms with E-state index in [4.69, 9.17) is 4.52 Å². The van der Waals surface area contributed by atoms with Gasteiger partial charge in [-0.25, -0.2) is 0 Å². The van der Waals surface area contributed by atoms with Crippen molar-refractivity contribution >= 4 is 0 Å². The summed E-state index contributed by atoms with van der Waals surface area (Å²) in [6.45, 7) is 8.63.